The Morgan fingerprint density at radius 3 is 2.43 bits per heavy atom. The zero-order chi connectivity index (χ0) is 15.8. The summed E-state index contributed by atoms with van der Waals surface area (Å²) < 4.78 is 53.1. The monoisotopic (exact) mass is 463 g/mol. The van der Waals surface area contributed by atoms with Crippen molar-refractivity contribution in [1.29, 1.82) is 0 Å². The van der Waals surface area contributed by atoms with Crippen LogP contribution in [0.4, 0.5) is 14.5 Å². The predicted molar refractivity (Wildman–Crippen MR) is 86.3 cm³/mol. The summed E-state index contributed by atoms with van der Waals surface area (Å²) in [6.07, 6.45) is 0. The third-order valence-electron chi connectivity index (χ3n) is 2.46. The summed E-state index contributed by atoms with van der Waals surface area (Å²) in [6, 6.07) is 5.82. The fourth-order valence-electron chi connectivity index (χ4n) is 1.49. The van der Waals surface area contributed by atoms with Gasteiger partial charge in [0.15, 0.2) is 5.82 Å². The lowest BCUT2D eigenvalue weighted by molar-refractivity contribution is 0.571. The van der Waals surface area contributed by atoms with Gasteiger partial charge in [0.05, 0.1) is 14.3 Å². The molecule has 2 rings (SSSR count). The highest BCUT2D eigenvalue weighted by Gasteiger charge is 2.21. The average Bonchev–Trinajstić information content (AvgIpc) is 2.42. The van der Waals surface area contributed by atoms with Gasteiger partial charge in [-0.2, -0.15) is 0 Å². The van der Waals surface area contributed by atoms with E-state index in [0.29, 0.717) is 0 Å². The lowest BCUT2D eigenvalue weighted by atomic mass is 10.3. The van der Waals surface area contributed by atoms with E-state index < -0.39 is 21.7 Å². The van der Waals surface area contributed by atoms with Crippen LogP contribution in [0.2, 0.25) is 10.0 Å². The number of hydrogen-bond acceptors (Lipinski definition) is 2. The zero-order valence-electron chi connectivity index (χ0n) is 10.0. The minimum absolute atomic E-state index is 0.0656. The van der Waals surface area contributed by atoms with E-state index >= 15 is 0 Å². The molecule has 0 bridgehead atoms. The van der Waals surface area contributed by atoms with Gasteiger partial charge >= 0.3 is 0 Å². The van der Waals surface area contributed by atoms with Crippen molar-refractivity contribution < 1.29 is 17.2 Å². The Kier molecular flexibility index (Phi) is 4.96. The van der Waals surface area contributed by atoms with Crippen LogP contribution in [0.3, 0.4) is 0 Å². The summed E-state index contributed by atoms with van der Waals surface area (Å²) in [5.41, 5.74) is -0.378. The molecule has 112 valence electrons. The van der Waals surface area contributed by atoms with Crippen molar-refractivity contribution in [2.24, 2.45) is 0 Å². The molecule has 21 heavy (non-hydrogen) atoms. The molecule has 9 heteroatoms. The van der Waals surface area contributed by atoms with Crippen molar-refractivity contribution in [3.05, 3.63) is 55.6 Å². The Bertz CT molecular complexity index is 815. The van der Waals surface area contributed by atoms with Gasteiger partial charge in [-0.3, -0.25) is 4.72 Å². The number of rotatable bonds is 3. The minimum Gasteiger partial charge on any atom is -0.277 e. The van der Waals surface area contributed by atoms with E-state index in [1.807, 2.05) is 4.72 Å². The quantitative estimate of drug-likeness (QED) is 0.530. The van der Waals surface area contributed by atoms with Crippen LogP contribution >= 0.6 is 45.8 Å². The Morgan fingerprint density at radius 1 is 1.10 bits per heavy atom. The topological polar surface area (TPSA) is 46.2 Å². The molecule has 2 aromatic rings. The van der Waals surface area contributed by atoms with E-state index in [4.69, 9.17) is 23.2 Å². The molecule has 0 radical (unpaired) electrons. The van der Waals surface area contributed by atoms with Gasteiger partial charge in [0.2, 0.25) is 0 Å². The molecule has 0 aliphatic heterocycles. The number of halogens is 5. The Morgan fingerprint density at radius 2 is 1.76 bits per heavy atom. The van der Waals surface area contributed by atoms with E-state index in [-0.39, 0.29) is 24.2 Å². The third-order valence-corrected chi connectivity index (χ3v) is 5.53. The van der Waals surface area contributed by atoms with Crippen molar-refractivity contribution in [1.82, 2.24) is 0 Å². The van der Waals surface area contributed by atoms with Crippen molar-refractivity contribution in [3.8, 4) is 0 Å². The van der Waals surface area contributed by atoms with E-state index in [1.54, 1.807) is 0 Å². The fourth-order valence-corrected chi connectivity index (χ4v) is 3.78. The van der Waals surface area contributed by atoms with E-state index in [1.165, 1.54) is 34.7 Å². The maximum atomic E-state index is 13.9. The first-order valence-corrected chi connectivity index (χ1v) is 8.65. The van der Waals surface area contributed by atoms with Gasteiger partial charge in [0, 0.05) is 5.02 Å². The average molecular weight is 464 g/mol. The number of benzene rings is 2. The molecule has 2 aromatic carbocycles. The summed E-state index contributed by atoms with van der Waals surface area (Å²) in [5, 5.41) is 0.0954. The maximum Gasteiger partial charge on any atom is 0.263 e. The lowest BCUT2D eigenvalue weighted by Crippen LogP contribution is -2.15. The lowest BCUT2D eigenvalue weighted by Gasteiger charge is -2.11. The second-order valence-corrected chi connectivity index (χ2v) is 7.48. The van der Waals surface area contributed by atoms with E-state index in [0.717, 1.165) is 18.2 Å². The van der Waals surface area contributed by atoms with Crippen molar-refractivity contribution in [3.63, 3.8) is 0 Å². The smallest absolute Gasteiger partial charge is 0.263 e. The van der Waals surface area contributed by atoms with Gasteiger partial charge in [-0.15, -0.1) is 0 Å². The molecule has 0 saturated heterocycles. The van der Waals surface area contributed by atoms with Crippen LogP contribution in [0, 0.1) is 15.2 Å². The van der Waals surface area contributed by atoms with Gasteiger partial charge in [-0.1, -0.05) is 23.2 Å². The van der Waals surface area contributed by atoms with Crippen LogP contribution < -0.4 is 4.72 Å². The molecular formula is C12H6Cl2F2INO2S. The molecule has 0 spiro atoms. The molecule has 0 fully saturated rings. The first-order chi connectivity index (χ1) is 9.72. The number of nitrogens with one attached hydrogen (secondary N) is 1. The number of sulfonamides is 1. The summed E-state index contributed by atoms with van der Waals surface area (Å²) >= 11 is 13.0. The summed E-state index contributed by atoms with van der Waals surface area (Å²) in [7, 11) is -4.15. The minimum atomic E-state index is -4.15. The Labute approximate surface area is 143 Å². The molecule has 0 unspecified atom stereocenters. The summed E-state index contributed by atoms with van der Waals surface area (Å²) in [5.74, 6) is -1.78. The Hall–Kier alpha value is -0.640. The third kappa shape index (κ3) is 3.58. The first kappa shape index (κ1) is 16.7. The van der Waals surface area contributed by atoms with Gasteiger partial charge in [-0.25, -0.2) is 17.2 Å². The van der Waals surface area contributed by atoms with Crippen LogP contribution in [0.5, 0.6) is 0 Å². The number of hydrogen-bond donors (Lipinski definition) is 1. The summed E-state index contributed by atoms with van der Waals surface area (Å²) in [4.78, 5) is -0.296. The maximum absolute atomic E-state index is 13.9. The second-order valence-electron chi connectivity index (χ2n) is 3.90. The van der Waals surface area contributed by atoms with Crippen LogP contribution in [0.25, 0.3) is 0 Å². The van der Waals surface area contributed by atoms with Crippen LogP contribution in [-0.2, 0) is 10.0 Å². The summed E-state index contributed by atoms with van der Waals surface area (Å²) in [6.45, 7) is 0. The zero-order valence-corrected chi connectivity index (χ0v) is 14.5. The fraction of sp³-hybridized carbons (Fsp3) is 0. The van der Waals surface area contributed by atoms with Crippen molar-refractivity contribution in [2.75, 3.05) is 4.72 Å². The molecule has 1 N–H and O–H groups in total. The highest BCUT2D eigenvalue weighted by atomic mass is 127. The molecular weight excluding hydrogens is 458 g/mol. The van der Waals surface area contributed by atoms with E-state index in [2.05, 4.69) is 0 Å². The number of anilines is 1. The molecule has 0 heterocycles. The highest BCUT2D eigenvalue weighted by Crippen LogP contribution is 2.29. The normalized spacial score (nSPS) is 11.5. The molecule has 0 saturated carbocycles. The second kappa shape index (κ2) is 6.23. The molecule has 0 amide bonds. The van der Waals surface area contributed by atoms with Crippen LogP contribution in [0.15, 0.2) is 35.2 Å². The standard InChI is InChI=1S/C12H6Cl2F2INO2S/c13-6-1-2-7(14)10(5-6)21(19,20)18-9-4-3-8(15)12(17)11(9)16/h1-5,18H. The van der Waals surface area contributed by atoms with Gasteiger partial charge < -0.3 is 0 Å². The molecule has 0 atom stereocenters. The largest absolute Gasteiger partial charge is 0.277 e. The molecule has 3 nitrogen and oxygen atoms in total. The van der Waals surface area contributed by atoms with Gasteiger partial charge in [0.1, 0.15) is 10.7 Å². The van der Waals surface area contributed by atoms with E-state index in [9.17, 15) is 17.2 Å². The Balaban J connectivity index is 2.47. The predicted octanol–water partition coefficient (Wildman–Crippen LogP) is 4.68. The highest BCUT2D eigenvalue weighted by molar-refractivity contribution is 14.1. The molecule has 0 aliphatic rings. The van der Waals surface area contributed by atoms with Crippen molar-refractivity contribution >= 4 is 61.5 Å². The van der Waals surface area contributed by atoms with Gasteiger partial charge in [0.25, 0.3) is 10.0 Å². The molecule has 0 aromatic heterocycles. The van der Waals surface area contributed by atoms with Crippen LogP contribution in [0.1, 0.15) is 0 Å². The van der Waals surface area contributed by atoms with Crippen LogP contribution in [-0.4, -0.2) is 8.42 Å². The first-order valence-electron chi connectivity index (χ1n) is 5.34. The SMILES string of the molecule is O=S(=O)(Nc1ccc(F)c(I)c1F)c1cc(Cl)ccc1Cl. The molecule has 0 aliphatic carbocycles. The van der Waals surface area contributed by atoms with Gasteiger partial charge in [-0.05, 0) is 52.9 Å². The van der Waals surface area contributed by atoms with Crippen molar-refractivity contribution in [2.45, 2.75) is 4.90 Å².